The lowest BCUT2D eigenvalue weighted by Crippen LogP contribution is -2.47. The summed E-state index contributed by atoms with van der Waals surface area (Å²) in [6.45, 7) is 5.32. The van der Waals surface area contributed by atoms with Gasteiger partial charge in [0, 0.05) is 11.1 Å². The summed E-state index contributed by atoms with van der Waals surface area (Å²) < 4.78 is 5.61. The molecule has 8 nitrogen and oxygen atoms in total. The lowest BCUT2D eigenvalue weighted by atomic mass is 10.1. The standard InChI is InChI=1S/C18H18ClN3O5/c1-10-5-4-6-16(11(10)2)27-12(3)17(23)20-21-18(24)14-8-7-13(19)9-15(14)22(25)26/h4-9,12H,1-3H3,(H,20,23)(H,21,24)/t12-/m0/s1. The Labute approximate surface area is 160 Å². The Kier molecular flexibility index (Phi) is 6.36. The van der Waals surface area contributed by atoms with Crippen molar-refractivity contribution in [3.63, 3.8) is 0 Å². The van der Waals surface area contributed by atoms with Gasteiger partial charge in [0.15, 0.2) is 6.10 Å². The molecule has 0 aliphatic rings. The number of nitro benzene ring substituents is 1. The Bertz CT molecular complexity index is 901. The molecule has 0 bridgehead atoms. The van der Waals surface area contributed by atoms with Gasteiger partial charge in [0.05, 0.1) is 4.92 Å². The van der Waals surface area contributed by atoms with Gasteiger partial charge in [-0.25, -0.2) is 0 Å². The number of ether oxygens (including phenoxy) is 1. The Balaban J connectivity index is 2.02. The summed E-state index contributed by atoms with van der Waals surface area (Å²) in [6, 6.07) is 9.08. The molecule has 0 fully saturated rings. The maximum atomic E-state index is 12.2. The van der Waals surface area contributed by atoms with Gasteiger partial charge in [0.25, 0.3) is 17.5 Å². The van der Waals surface area contributed by atoms with Crippen LogP contribution in [0.5, 0.6) is 5.75 Å². The Morgan fingerprint density at radius 3 is 2.56 bits per heavy atom. The normalized spacial score (nSPS) is 11.4. The summed E-state index contributed by atoms with van der Waals surface area (Å²) in [5.41, 5.74) is 5.56. The van der Waals surface area contributed by atoms with E-state index >= 15 is 0 Å². The van der Waals surface area contributed by atoms with Crippen LogP contribution in [0.4, 0.5) is 5.69 Å². The summed E-state index contributed by atoms with van der Waals surface area (Å²) in [5.74, 6) is -0.899. The van der Waals surface area contributed by atoms with Crippen molar-refractivity contribution in [3.05, 3.63) is 68.2 Å². The molecule has 0 heterocycles. The number of nitrogens with one attached hydrogen (secondary N) is 2. The van der Waals surface area contributed by atoms with Gasteiger partial charge in [-0.05, 0) is 50.1 Å². The number of halogens is 1. The summed E-state index contributed by atoms with van der Waals surface area (Å²) in [4.78, 5) is 34.6. The fourth-order valence-corrected chi connectivity index (χ4v) is 2.40. The molecular weight excluding hydrogens is 374 g/mol. The minimum atomic E-state index is -0.897. The molecule has 0 saturated heterocycles. The lowest BCUT2D eigenvalue weighted by molar-refractivity contribution is -0.385. The average molecular weight is 392 g/mol. The number of hydrogen-bond acceptors (Lipinski definition) is 5. The zero-order valence-electron chi connectivity index (χ0n) is 14.9. The third-order valence-corrected chi connectivity index (χ3v) is 4.16. The highest BCUT2D eigenvalue weighted by molar-refractivity contribution is 6.31. The number of nitrogens with zero attached hydrogens (tertiary/aromatic N) is 1. The van der Waals surface area contributed by atoms with Crippen LogP contribution >= 0.6 is 11.6 Å². The Morgan fingerprint density at radius 1 is 1.19 bits per heavy atom. The van der Waals surface area contributed by atoms with Crippen molar-refractivity contribution >= 4 is 29.1 Å². The molecule has 0 aliphatic heterocycles. The number of hydrazine groups is 1. The summed E-state index contributed by atoms with van der Waals surface area (Å²) in [5, 5.41) is 11.2. The van der Waals surface area contributed by atoms with E-state index in [1.807, 2.05) is 26.0 Å². The molecule has 0 radical (unpaired) electrons. The van der Waals surface area contributed by atoms with E-state index < -0.39 is 28.5 Å². The van der Waals surface area contributed by atoms with Crippen LogP contribution in [0.3, 0.4) is 0 Å². The largest absolute Gasteiger partial charge is 0.481 e. The highest BCUT2D eigenvalue weighted by Gasteiger charge is 2.22. The van der Waals surface area contributed by atoms with E-state index in [-0.39, 0.29) is 10.6 Å². The van der Waals surface area contributed by atoms with Crippen LogP contribution < -0.4 is 15.6 Å². The molecule has 2 aromatic carbocycles. The number of nitro groups is 1. The van der Waals surface area contributed by atoms with E-state index in [9.17, 15) is 19.7 Å². The van der Waals surface area contributed by atoms with Gasteiger partial charge in [-0.3, -0.25) is 30.6 Å². The van der Waals surface area contributed by atoms with Crippen LogP contribution in [-0.2, 0) is 4.79 Å². The van der Waals surface area contributed by atoms with E-state index in [1.54, 1.807) is 6.07 Å². The van der Waals surface area contributed by atoms with Gasteiger partial charge in [-0.2, -0.15) is 0 Å². The summed E-state index contributed by atoms with van der Waals surface area (Å²) in [7, 11) is 0. The maximum absolute atomic E-state index is 12.2. The van der Waals surface area contributed by atoms with Crippen LogP contribution in [0.15, 0.2) is 36.4 Å². The van der Waals surface area contributed by atoms with Crippen molar-refractivity contribution in [2.45, 2.75) is 26.9 Å². The molecule has 0 spiro atoms. The topological polar surface area (TPSA) is 111 Å². The molecule has 0 aliphatic carbocycles. The SMILES string of the molecule is Cc1cccc(O[C@@H](C)C(=O)NNC(=O)c2ccc(Cl)cc2[N+](=O)[O-])c1C. The molecule has 1 atom stereocenters. The fraction of sp³-hybridized carbons (Fsp3) is 0.222. The first kappa shape index (κ1) is 20.2. The first-order valence-corrected chi connectivity index (χ1v) is 8.35. The lowest BCUT2D eigenvalue weighted by Gasteiger charge is -2.17. The first-order valence-electron chi connectivity index (χ1n) is 7.97. The zero-order chi connectivity index (χ0) is 20.1. The molecule has 9 heteroatoms. The highest BCUT2D eigenvalue weighted by Crippen LogP contribution is 2.23. The summed E-state index contributed by atoms with van der Waals surface area (Å²) in [6.07, 6.45) is -0.897. The minimum absolute atomic E-state index is 0.123. The second-order valence-corrected chi connectivity index (χ2v) is 6.26. The van der Waals surface area contributed by atoms with Crippen LogP contribution in [0.2, 0.25) is 5.02 Å². The summed E-state index contributed by atoms with van der Waals surface area (Å²) >= 11 is 5.71. The third-order valence-electron chi connectivity index (χ3n) is 3.93. The number of amides is 2. The van der Waals surface area contributed by atoms with Crippen molar-refractivity contribution in [3.8, 4) is 5.75 Å². The van der Waals surface area contributed by atoms with Crippen molar-refractivity contribution in [2.75, 3.05) is 0 Å². The second kappa shape index (κ2) is 8.50. The quantitative estimate of drug-likeness (QED) is 0.601. The predicted molar refractivity (Wildman–Crippen MR) is 99.7 cm³/mol. The predicted octanol–water partition coefficient (Wildman–Crippen LogP) is 3.09. The maximum Gasteiger partial charge on any atom is 0.283 e. The third kappa shape index (κ3) is 4.95. The second-order valence-electron chi connectivity index (χ2n) is 5.82. The van der Waals surface area contributed by atoms with Crippen molar-refractivity contribution in [1.82, 2.24) is 10.9 Å². The van der Waals surface area contributed by atoms with Crippen LogP contribution in [-0.4, -0.2) is 22.8 Å². The Hall–Kier alpha value is -3.13. The molecule has 2 rings (SSSR count). The first-order chi connectivity index (χ1) is 12.7. The van der Waals surface area contributed by atoms with E-state index in [0.29, 0.717) is 5.75 Å². The average Bonchev–Trinajstić information content (AvgIpc) is 2.62. The van der Waals surface area contributed by atoms with Gasteiger partial charge in [-0.15, -0.1) is 0 Å². The van der Waals surface area contributed by atoms with E-state index in [1.165, 1.54) is 19.1 Å². The molecule has 0 aromatic heterocycles. The van der Waals surface area contributed by atoms with Crippen LogP contribution in [0.1, 0.15) is 28.4 Å². The number of rotatable bonds is 5. The van der Waals surface area contributed by atoms with Gasteiger partial charge < -0.3 is 4.74 Å². The van der Waals surface area contributed by atoms with Crippen molar-refractivity contribution in [1.29, 1.82) is 0 Å². The van der Waals surface area contributed by atoms with Gasteiger partial charge >= 0.3 is 0 Å². The van der Waals surface area contributed by atoms with Gasteiger partial charge in [0.2, 0.25) is 0 Å². The van der Waals surface area contributed by atoms with Gasteiger partial charge in [0.1, 0.15) is 11.3 Å². The minimum Gasteiger partial charge on any atom is -0.481 e. The fourth-order valence-electron chi connectivity index (χ4n) is 2.23. The molecule has 2 N–H and O–H groups in total. The Morgan fingerprint density at radius 2 is 1.89 bits per heavy atom. The monoisotopic (exact) mass is 391 g/mol. The molecular formula is C18H18ClN3O5. The smallest absolute Gasteiger partial charge is 0.283 e. The van der Waals surface area contributed by atoms with E-state index in [2.05, 4.69) is 10.9 Å². The highest BCUT2D eigenvalue weighted by atomic mass is 35.5. The van der Waals surface area contributed by atoms with Crippen LogP contribution in [0.25, 0.3) is 0 Å². The van der Waals surface area contributed by atoms with E-state index in [0.717, 1.165) is 17.2 Å². The molecule has 27 heavy (non-hydrogen) atoms. The molecule has 0 saturated carbocycles. The van der Waals surface area contributed by atoms with E-state index in [4.69, 9.17) is 16.3 Å². The van der Waals surface area contributed by atoms with Crippen molar-refractivity contribution in [2.24, 2.45) is 0 Å². The molecule has 2 aromatic rings. The number of carbonyl (C=O) groups excluding carboxylic acids is 2. The molecule has 142 valence electrons. The molecule has 0 unspecified atom stereocenters. The van der Waals surface area contributed by atoms with Crippen LogP contribution in [0, 0.1) is 24.0 Å². The molecule has 2 amide bonds. The number of aryl methyl sites for hydroxylation is 1. The number of benzene rings is 2. The van der Waals surface area contributed by atoms with Gasteiger partial charge in [-0.1, -0.05) is 23.7 Å². The number of carbonyl (C=O) groups is 2. The van der Waals surface area contributed by atoms with Crippen molar-refractivity contribution < 1.29 is 19.2 Å². The zero-order valence-corrected chi connectivity index (χ0v) is 15.7. The number of hydrogen-bond donors (Lipinski definition) is 2.